The fourth-order valence-corrected chi connectivity index (χ4v) is 1.75. The lowest BCUT2D eigenvalue weighted by atomic mass is 10.2. The van der Waals surface area contributed by atoms with E-state index < -0.39 is 0 Å². The van der Waals surface area contributed by atoms with E-state index in [0.717, 1.165) is 22.6 Å². The van der Waals surface area contributed by atoms with Crippen molar-refractivity contribution in [3.05, 3.63) is 41.5 Å². The van der Waals surface area contributed by atoms with Crippen LogP contribution in [0.1, 0.15) is 28.8 Å². The Morgan fingerprint density at radius 3 is 2.65 bits per heavy atom. The molecule has 0 bridgehead atoms. The Balaban J connectivity index is 2.59. The van der Waals surface area contributed by atoms with E-state index in [1.807, 2.05) is 38.2 Å². The van der Waals surface area contributed by atoms with Crippen LogP contribution in [0.5, 0.6) is 0 Å². The zero-order valence-corrected chi connectivity index (χ0v) is 10.2. The van der Waals surface area contributed by atoms with Gasteiger partial charge in [-0.05, 0) is 37.6 Å². The molecule has 0 aliphatic heterocycles. The first kappa shape index (κ1) is 11.4. The smallest absolute Gasteiger partial charge is 0.195 e. The lowest BCUT2D eigenvalue weighted by Crippen LogP contribution is -2.05. The normalized spacial score (nSPS) is 10.5. The van der Waals surface area contributed by atoms with Crippen LogP contribution in [-0.2, 0) is 0 Å². The van der Waals surface area contributed by atoms with Crippen molar-refractivity contribution in [1.29, 1.82) is 0 Å². The van der Waals surface area contributed by atoms with Crippen LogP contribution in [0.4, 0.5) is 5.69 Å². The predicted molar refractivity (Wildman–Crippen MR) is 67.5 cm³/mol. The molecule has 1 aromatic heterocycles. The van der Waals surface area contributed by atoms with E-state index in [4.69, 9.17) is 5.73 Å². The second-order valence-electron chi connectivity index (χ2n) is 4.17. The van der Waals surface area contributed by atoms with Crippen LogP contribution in [0.2, 0.25) is 0 Å². The maximum atomic E-state index is 11.5. The number of nitrogen functional groups attached to an aromatic ring is 1. The van der Waals surface area contributed by atoms with Gasteiger partial charge in [0.25, 0.3) is 0 Å². The van der Waals surface area contributed by atoms with Crippen molar-refractivity contribution in [3.63, 3.8) is 0 Å². The van der Waals surface area contributed by atoms with Gasteiger partial charge in [-0.15, -0.1) is 0 Å². The number of imidazole rings is 1. The molecule has 1 aromatic carbocycles. The summed E-state index contributed by atoms with van der Waals surface area (Å²) in [7, 11) is 0. The number of rotatable bonds is 2. The molecule has 0 fully saturated rings. The molecule has 0 saturated heterocycles. The standard InChI is InChI=1S/C13H15N3O/c1-8-6-11(4-5-12(8)14)16-7-9(2)15-13(16)10(3)17/h4-7H,14H2,1-3H3. The molecule has 0 aliphatic rings. The van der Waals surface area contributed by atoms with Crippen molar-refractivity contribution in [1.82, 2.24) is 9.55 Å². The zero-order chi connectivity index (χ0) is 12.6. The molecule has 4 nitrogen and oxygen atoms in total. The van der Waals surface area contributed by atoms with Gasteiger partial charge >= 0.3 is 0 Å². The van der Waals surface area contributed by atoms with Gasteiger partial charge in [-0.25, -0.2) is 4.98 Å². The minimum atomic E-state index is -0.0485. The molecule has 0 atom stereocenters. The monoisotopic (exact) mass is 229 g/mol. The van der Waals surface area contributed by atoms with E-state index in [9.17, 15) is 4.79 Å². The number of ketones is 1. The first-order valence-electron chi connectivity index (χ1n) is 5.42. The van der Waals surface area contributed by atoms with Crippen LogP contribution >= 0.6 is 0 Å². The summed E-state index contributed by atoms with van der Waals surface area (Å²) >= 11 is 0. The van der Waals surface area contributed by atoms with E-state index in [1.54, 1.807) is 4.57 Å². The molecule has 1 heterocycles. The Kier molecular flexibility index (Phi) is 2.71. The third-order valence-electron chi connectivity index (χ3n) is 2.67. The molecule has 88 valence electrons. The Morgan fingerprint density at radius 1 is 1.35 bits per heavy atom. The summed E-state index contributed by atoms with van der Waals surface area (Å²) in [5.74, 6) is 0.402. The lowest BCUT2D eigenvalue weighted by Gasteiger charge is -2.08. The Morgan fingerprint density at radius 2 is 2.06 bits per heavy atom. The molecule has 2 N–H and O–H groups in total. The number of carbonyl (C=O) groups excluding carboxylic acids is 1. The lowest BCUT2D eigenvalue weighted by molar-refractivity contribution is 0.100. The maximum Gasteiger partial charge on any atom is 0.195 e. The number of aromatic nitrogens is 2. The fraction of sp³-hybridized carbons (Fsp3) is 0.231. The second-order valence-corrected chi connectivity index (χ2v) is 4.17. The summed E-state index contributed by atoms with van der Waals surface area (Å²) in [6, 6.07) is 5.67. The average Bonchev–Trinajstić information content (AvgIpc) is 2.64. The zero-order valence-electron chi connectivity index (χ0n) is 10.2. The predicted octanol–water partition coefficient (Wildman–Crippen LogP) is 2.27. The fourth-order valence-electron chi connectivity index (χ4n) is 1.75. The van der Waals surface area contributed by atoms with Crippen molar-refractivity contribution in [2.24, 2.45) is 0 Å². The molecule has 2 aromatic rings. The molecule has 0 unspecified atom stereocenters. The number of hydrogen-bond acceptors (Lipinski definition) is 3. The molecule has 2 rings (SSSR count). The summed E-state index contributed by atoms with van der Waals surface area (Å²) in [4.78, 5) is 15.7. The van der Waals surface area contributed by atoms with Crippen LogP contribution in [0.15, 0.2) is 24.4 Å². The van der Waals surface area contributed by atoms with Gasteiger partial charge in [0.2, 0.25) is 0 Å². The highest BCUT2D eigenvalue weighted by Gasteiger charge is 2.11. The van der Waals surface area contributed by atoms with Gasteiger partial charge in [-0.3, -0.25) is 9.36 Å². The van der Waals surface area contributed by atoms with Crippen LogP contribution in [0.3, 0.4) is 0 Å². The third kappa shape index (κ3) is 2.06. The number of aryl methyl sites for hydroxylation is 2. The van der Waals surface area contributed by atoms with Crippen LogP contribution in [0.25, 0.3) is 5.69 Å². The quantitative estimate of drug-likeness (QED) is 0.634. The van der Waals surface area contributed by atoms with Gasteiger partial charge in [-0.2, -0.15) is 0 Å². The van der Waals surface area contributed by atoms with E-state index >= 15 is 0 Å². The van der Waals surface area contributed by atoms with Crippen molar-refractivity contribution in [2.75, 3.05) is 5.73 Å². The third-order valence-corrected chi connectivity index (χ3v) is 2.67. The molecular formula is C13H15N3O. The minimum Gasteiger partial charge on any atom is -0.399 e. The molecule has 0 spiro atoms. The topological polar surface area (TPSA) is 60.9 Å². The Hall–Kier alpha value is -2.10. The van der Waals surface area contributed by atoms with Crippen LogP contribution in [-0.4, -0.2) is 15.3 Å². The highest BCUT2D eigenvalue weighted by atomic mass is 16.1. The average molecular weight is 229 g/mol. The highest BCUT2D eigenvalue weighted by Crippen LogP contribution is 2.18. The first-order valence-corrected chi connectivity index (χ1v) is 5.42. The molecule has 0 aliphatic carbocycles. The van der Waals surface area contributed by atoms with E-state index in [1.165, 1.54) is 6.92 Å². The Bertz CT molecular complexity index is 584. The van der Waals surface area contributed by atoms with E-state index in [2.05, 4.69) is 4.98 Å². The van der Waals surface area contributed by atoms with Crippen molar-refractivity contribution < 1.29 is 4.79 Å². The number of benzene rings is 1. The maximum absolute atomic E-state index is 11.5. The van der Waals surface area contributed by atoms with Gasteiger partial charge in [0.05, 0.1) is 5.69 Å². The molecular weight excluding hydrogens is 214 g/mol. The van der Waals surface area contributed by atoms with Crippen molar-refractivity contribution in [3.8, 4) is 5.69 Å². The van der Waals surface area contributed by atoms with Crippen molar-refractivity contribution >= 4 is 11.5 Å². The SMILES string of the molecule is CC(=O)c1nc(C)cn1-c1ccc(N)c(C)c1. The summed E-state index contributed by atoms with van der Waals surface area (Å²) in [5, 5.41) is 0. The number of hydrogen-bond donors (Lipinski definition) is 1. The van der Waals surface area contributed by atoms with Crippen LogP contribution in [0, 0.1) is 13.8 Å². The largest absolute Gasteiger partial charge is 0.399 e. The minimum absolute atomic E-state index is 0.0485. The van der Waals surface area contributed by atoms with Gasteiger partial charge in [-0.1, -0.05) is 0 Å². The number of anilines is 1. The number of carbonyl (C=O) groups is 1. The molecule has 4 heteroatoms. The molecule has 0 amide bonds. The number of nitrogens with zero attached hydrogens (tertiary/aromatic N) is 2. The first-order chi connectivity index (χ1) is 7.99. The second kappa shape index (κ2) is 4.05. The van der Waals surface area contributed by atoms with Gasteiger partial charge < -0.3 is 5.73 Å². The Labute approximate surface area is 100 Å². The number of nitrogens with two attached hydrogens (primary N) is 1. The summed E-state index contributed by atoms with van der Waals surface area (Å²) < 4.78 is 1.80. The van der Waals surface area contributed by atoms with Crippen molar-refractivity contribution in [2.45, 2.75) is 20.8 Å². The van der Waals surface area contributed by atoms with Crippen LogP contribution < -0.4 is 5.73 Å². The van der Waals surface area contributed by atoms with Gasteiger partial charge in [0.1, 0.15) is 0 Å². The summed E-state index contributed by atoms with van der Waals surface area (Å²) in [6.07, 6.45) is 1.85. The molecule has 0 radical (unpaired) electrons. The number of Topliss-reactive ketones (excluding diaryl/α,β-unsaturated/α-hetero) is 1. The van der Waals surface area contributed by atoms with E-state index in [-0.39, 0.29) is 5.78 Å². The summed E-state index contributed by atoms with van der Waals surface area (Å²) in [6.45, 7) is 5.32. The van der Waals surface area contributed by atoms with Gasteiger partial charge in [0.15, 0.2) is 11.6 Å². The summed E-state index contributed by atoms with van der Waals surface area (Å²) in [5.41, 5.74) is 9.24. The van der Waals surface area contributed by atoms with E-state index in [0.29, 0.717) is 5.82 Å². The highest BCUT2D eigenvalue weighted by molar-refractivity contribution is 5.91. The molecule has 17 heavy (non-hydrogen) atoms. The molecule has 0 saturated carbocycles. The van der Waals surface area contributed by atoms with Gasteiger partial charge in [0, 0.05) is 24.5 Å².